The molecule has 0 heterocycles. The standard InChI is InChI=1S/C21H27NOS/c1-4-19(16(2)3)22-20(23)15-24-21(17-11-7-5-8-12-17)18-13-9-6-10-14-18/h5-14,16,19,21H,4,15H2,1-3H3,(H,22,23). The molecule has 0 aliphatic rings. The monoisotopic (exact) mass is 341 g/mol. The van der Waals surface area contributed by atoms with Gasteiger partial charge in [0.1, 0.15) is 0 Å². The van der Waals surface area contributed by atoms with Crippen molar-refractivity contribution in [1.82, 2.24) is 5.32 Å². The molecule has 2 aromatic carbocycles. The average Bonchev–Trinajstić information content (AvgIpc) is 2.61. The van der Waals surface area contributed by atoms with Gasteiger partial charge in [0, 0.05) is 6.04 Å². The lowest BCUT2D eigenvalue weighted by molar-refractivity contribution is -0.119. The van der Waals surface area contributed by atoms with Gasteiger partial charge in [-0.3, -0.25) is 4.79 Å². The van der Waals surface area contributed by atoms with Gasteiger partial charge in [-0.05, 0) is 23.5 Å². The molecular weight excluding hydrogens is 314 g/mol. The quantitative estimate of drug-likeness (QED) is 0.727. The minimum Gasteiger partial charge on any atom is -0.352 e. The largest absolute Gasteiger partial charge is 0.352 e. The summed E-state index contributed by atoms with van der Waals surface area (Å²) >= 11 is 1.69. The molecule has 128 valence electrons. The molecule has 2 aromatic rings. The molecule has 1 unspecified atom stereocenters. The maximum absolute atomic E-state index is 12.4. The van der Waals surface area contributed by atoms with Crippen LogP contribution in [-0.2, 0) is 4.79 Å². The van der Waals surface area contributed by atoms with E-state index in [1.165, 1.54) is 11.1 Å². The van der Waals surface area contributed by atoms with Crippen LogP contribution >= 0.6 is 11.8 Å². The van der Waals surface area contributed by atoms with Crippen molar-refractivity contribution in [2.75, 3.05) is 5.75 Å². The highest BCUT2D eigenvalue weighted by Gasteiger charge is 2.18. The molecule has 24 heavy (non-hydrogen) atoms. The van der Waals surface area contributed by atoms with Crippen LogP contribution in [0.25, 0.3) is 0 Å². The molecule has 0 spiro atoms. The molecule has 0 aromatic heterocycles. The molecule has 0 fully saturated rings. The van der Waals surface area contributed by atoms with Gasteiger partial charge < -0.3 is 5.32 Å². The summed E-state index contributed by atoms with van der Waals surface area (Å²) in [6, 6.07) is 21.0. The summed E-state index contributed by atoms with van der Waals surface area (Å²) in [6.07, 6.45) is 0.967. The lowest BCUT2D eigenvalue weighted by atomic mass is 10.0. The predicted octanol–water partition coefficient (Wildman–Crippen LogP) is 5.06. The van der Waals surface area contributed by atoms with Crippen molar-refractivity contribution in [3.8, 4) is 0 Å². The van der Waals surface area contributed by atoms with E-state index in [1.807, 2.05) is 12.1 Å². The fraction of sp³-hybridized carbons (Fsp3) is 0.381. The number of benzene rings is 2. The second kappa shape index (κ2) is 9.53. The van der Waals surface area contributed by atoms with Crippen molar-refractivity contribution in [2.45, 2.75) is 38.5 Å². The van der Waals surface area contributed by atoms with Crippen molar-refractivity contribution in [1.29, 1.82) is 0 Å². The van der Waals surface area contributed by atoms with E-state index in [4.69, 9.17) is 0 Å². The van der Waals surface area contributed by atoms with E-state index in [1.54, 1.807) is 11.8 Å². The molecular formula is C21H27NOS. The molecule has 2 nitrogen and oxygen atoms in total. The molecule has 3 heteroatoms. The molecule has 1 atom stereocenters. The van der Waals surface area contributed by atoms with Crippen molar-refractivity contribution in [3.05, 3.63) is 71.8 Å². The minimum atomic E-state index is 0.123. The highest BCUT2D eigenvalue weighted by molar-refractivity contribution is 8.00. The summed E-state index contributed by atoms with van der Waals surface area (Å²) in [7, 11) is 0. The van der Waals surface area contributed by atoms with Crippen LogP contribution in [0.15, 0.2) is 60.7 Å². The predicted molar refractivity (Wildman–Crippen MR) is 104 cm³/mol. The van der Waals surface area contributed by atoms with Crippen LogP contribution < -0.4 is 5.32 Å². The van der Waals surface area contributed by atoms with Gasteiger partial charge in [-0.15, -0.1) is 11.8 Å². The van der Waals surface area contributed by atoms with Crippen LogP contribution in [0.4, 0.5) is 0 Å². The first kappa shape index (κ1) is 18.6. The molecule has 0 radical (unpaired) electrons. The maximum atomic E-state index is 12.4. The van der Waals surface area contributed by atoms with Gasteiger partial charge in [0.2, 0.25) is 5.91 Å². The lowest BCUT2D eigenvalue weighted by Crippen LogP contribution is -2.39. The fourth-order valence-corrected chi connectivity index (χ4v) is 3.89. The zero-order chi connectivity index (χ0) is 17.4. The van der Waals surface area contributed by atoms with Crippen molar-refractivity contribution in [3.63, 3.8) is 0 Å². The summed E-state index contributed by atoms with van der Waals surface area (Å²) in [5, 5.41) is 3.34. The molecule has 1 amide bonds. The number of carbonyl (C=O) groups is 1. The Labute approximate surface area is 150 Å². The first-order valence-corrected chi connectivity index (χ1v) is 9.67. The van der Waals surface area contributed by atoms with Crippen LogP contribution in [0.5, 0.6) is 0 Å². The van der Waals surface area contributed by atoms with E-state index in [-0.39, 0.29) is 17.2 Å². The van der Waals surface area contributed by atoms with Crippen LogP contribution in [0.2, 0.25) is 0 Å². The molecule has 2 rings (SSSR count). The highest BCUT2D eigenvalue weighted by atomic mass is 32.2. The van der Waals surface area contributed by atoms with E-state index in [2.05, 4.69) is 74.6 Å². The minimum absolute atomic E-state index is 0.123. The number of nitrogens with one attached hydrogen (secondary N) is 1. The van der Waals surface area contributed by atoms with Crippen LogP contribution in [0.3, 0.4) is 0 Å². The Kier molecular flexibility index (Phi) is 7.38. The first-order chi connectivity index (χ1) is 11.6. The zero-order valence-electron chi connectivity index (χ0n) is 14.7. The maximum Gasteiger partial charge on any atom is 0.230 e. The molecule has 0 aliphatic carbocycles. The third kappa shape index (κ3) is 5.41. The van der Waals surface area contributed by atoms with Crippen molar-refractivity contribution < 1.29 is 4.79 Å². The van der Waals surface area contributed by atoms with Crippen LogP contribution in [-0.4, -0.2) is 17.7 Å². The third-order valence-electron chi connectivity index (χ3n) is 4.18. The van der Waals surface area contributed by atoms with Gasteiger partial charge >= 0.3 is 0 Å². The Morgan fingerprint density at radius 2 is 1.46 bits per heavy atom. The average molecular weight is 342 g/mol. The molecule has 0 bridgehead atoms. The molecule has 0 saturated carbocycles. The SMILES string of the molecule is CCC(NC(=O)CSC(c1ccccc1)c1ccccc1)C(C)C. The van der Waals surface area contributed by atoms with Crippen molar-refractivity contribution >= 4 is 17.7 Å². The second-order valence-corrected chi connectivity index (χ2v) is 7.43. The van der Waals surface area contributed by atoms with Gasteiger partial charge in [0.15, 0.2) is 0 Å². The summed E-state index contributed by atoms with van der Waals surface area (Å²) in [4.78, 5) is 12.4. The Morgan fingerprint density at radius 3 is 1.88 bits per heavy atom. The number of hydrogen-bond donors (Lipinski definition) is 1. The fourth-order valence-electron chi connectivity index (χ4n) is 2.79. The van der Waals surface area contributed by atoms with E-state index in [9.17, 15) is 4.79 Å². The number of carbonyl (C=O) groups excluding carboxylic acids is 1. The number of hydrogen-bond acceptors (Lipinski definition) is 2. The summed E-state index contributed by atoms with van der Waals surface area (Å²) in [5.41, 5.74) is 2.47. The zero-order valence-corrected chi connectivity index (χ0v) is 15.6. The molecule has 0 saturated heterocycles. The van der Waals surface area contributed by atoms with Gasteiger partial charge in [-0.2, -0.15) is 0 Å². The third-order valence-corrected chi connectivity index (χ3v) is 5.48. The summed E-state index contributed by atoms with van der Waals surface area (Å²) < 4.78 is 0. The van der Waals surface area contributed by atoms with Crippen molar-refractivity contribution in [2.24, 2.45) is 5.92 Å². The van der Waals surface area contributed by atoms with Gasteiger partial charge in [0.05, 0.1) is 11.0 Å². The Bertz CT molecular complexity index is 573. The number of thioether (sulfide) groups is 1. The molecule has 0 aliphatic heterocycles. The van der Waals surface area contributed by atoms with Gasteiger partial charge in [0.25, 0.3) is 0 Å². The normalized spacial score (nSPS) is 12.4. The van der Waals surface area contributed by atoms with E-state index >= 15 is 0 Å². The number of rotatable bonds is 8. The van der Waals surface area contributed by atoms with E-state index < -0.39 is 0 Å². The molecule has 1 N–H and O–H groups in total. The topological polar surface area (TPSA) is 29.1 Å². The Hall–Kier alpha value is -1.74. The summed E-state index contributed by atoms with van der Waals surface area (Å²) in [5.74, 6) is 1.05. The van der Waals surface area contributed by atoms with Crippen LogP contribution in [0, 0.1) is 5.92 Å². The Balaban J connectivity index is 2.06. The first-order valence-electron chi connectivity index (χ1n) is 8.62. The van der Waals surface area contributed by atoms with Crippen LogP contribution in [0.1, 0.15) is 43.6 Å². The van der Waals surface area contributed by atoms with Gasteiger partial charge in [-0.1, -0.05) is 81.4 Å². The second-order valence-electron chi connectivity index (χ2n) is 6.34. The summed E-state index contributed by atoms with van der Waals surface area (Å²) in [6.45, 7) is 6.42. The highest BCUT2D eigenvalue weighted by Crippen LogP contribution is 2.35. The van der Waals surface area contributed by atoms with E-state index in [0.717, 1.165) is 6.42 Å². The van der Waals surface area contributed by atoms with E-state index in [0.29, 0.717) is 11.7 Å². The smallest absolute Gasteiger partial charge is 0.230 e. The number of amides is 1. The Morgan fingerprint density at radius 1 is 0.958 bits per heavy atom. The lowest BCUT2D eigenvalue weighted by Gasteiger charge is -2.22. The van der Waals surface area contributed by atoms with Gasteiger partial charge in [-0.25, -0.2) is 0 Å².